The summed E-state index contributed by atoms with van der Waals surface area (Å²) in [5.41, 5.74) is 0.439. The van der Waals surface area contributed by atoms with Gasteiger partial charge in [-0.3, -0.25) is 4.79 Å². The number of aliphatic imine (C=N–C) groups is 1. The second-order valence-corrected chi connectivity index (χ2v) is 11.3. The zero-order valence-corrected chi connectivity index (χ0v) is 16.8. The van der Waals surface area contributed by atoms with Crippen LogP contribution < -0.4 is 0 Å². The lowest BCUT2D eigenvalue weighted by Gasteiger charge is -2.25. The summed E-state index contributed by atoms with van der Waals surface area (Å²) >= 11 is 7.35. The Balaban J connectivity index is 1.91. The third-order valence-corrected chi connectivity index (χ3v) is 7.78. The molecule has 5 nitrogen and oxygen atoms in total. The molecule has 0 aliphatic carbocycles. The Kier molecular flexibility index (Phi) is 4.94. The standard InChI is InChI=1S/C17H21ClN2O3S2/c1-17(2,3)15(21)19-16-20(8-11-4-6-12(18)7-5-11)13-9-25(22,23)10-14(13)24-16/h4-7,13-14H,8-10H2,1-3H3/t13-,14+/m0/s1. The Hall–Kier alpha value is -1.05. The molecule has 0 aromatic heterocycles. The molecule has 136 valence electrons. The minimum Gasteiger partial charge on any atom is -0.342 e. The van der Waals surface area contributed by atoms with Crippen molar-refractivity contribution in [2.75, 3.05) is 11.5 Å². The predicted molar refractivity (Wildman–Crippen MR) is 103 cm³/mol. The smallest absolute Gasteiger partial charge is 0.253 e. The minimum atomic E-state index is -3.04. The molecule has 3 rings (SSSR count). The Labute approximate surface area is 157 Å². The molecule has 25 heavy (non-hydrogen) atoms. The number of nitrogens with zero attached hydrogens (tertiary/aromatic N) is 2. The second kappa shape index (κ2) is 6.59. The van der Waals surface area contributed by atoms with Crippen LogP contribution >= 0.6 is 23.4 Å². The zero-order valence-electron chi connectivity index (χ0n) is 14.4. The molecule has 1 amide bonds. The van der Waals surface area contributed by atoms with Gasteiger partial charge in [0.15, 0.2) is 15.0 Å². The van der Waals surface area contributed by atoms with Crippen molar-refractivity contribution in [2.24, 2.45) is 10.4 Å². The number of carbonyl (C=O) groups excluding carboxylic acids is 1. The highest BCUT2D eigenvalue weighted by Gasteiger charge is 2.48. The maximum absolute atomic E-state index is 12.3. The van der Waals surface area contributed by atoms with E-state index < -0.39 is 15.3 Å². The molecule has 0 spiro atoms. The lowest BCUT2D eigenvalue weighted by atomic mass is 9.96. The molecule has 8 heteroatoms. The van der Waals surface area contributed by atoms with Crippen molar-refractivity contribution in [3.63, 3.8) is 0 Å². The van der Waals surface area contributed by atoms with Crippen molar-refractivity contribution in [3.8, 4) is 0 Å². The molecular weight excluding hydrogens is 380 g/mol. The summed E-state index contributed by atoms with van der Waals surface area (Å²) < 4.78 is 24.0. The quantitative estimate of drug-likeness (QED) is 0.763. The second-order valence-electron chi connectivity index (χ2n) is 7.50. The monoisotopic (exact) mass is 400 g/mol. The van der Waals surface area contributed by atoms with E-state index in [1.807, 2.05) is 37.8 Å². The number of fused-ring (bicyclic) bond motifs is 1. The van der Waals surface area contributed by atoms with Crippen LogP contribution in [-0.2, 0) is 21.2 Å². The normalized spacial score (nSPS) is 26.9. The summed E-state index contributed by atoms with van der Waals surface area (Å²) in [5.74, 6) is 0.0577. The molecule has 2 aliphatic heterocycles. The molecule has 1 aromatic rings. The van der Waals surface area contributed by atoms with Gasteiger partial charge in [-0.1, -0.05) is 56.3 Å². The van der Waals surface area contributed by atoms with Crippen LogP contribution in [0.1, 0.15) is 26.3 Å². The summed E-state index contributed by atoms with van der Waals surface area (Å²) in [4.78, 5) is 18.6. The van der Waals surface area contributed by atoms with E-state index in [0.717, 1.165) is 5.56 Å². The minimum absolute atomic E-state index is 0.0659. The first-order valence-electron chi connectivity index (χ1n) is 8.06. The van der Waals surface area contributed by atoms with Gasteiger partial charge in [-0.15, -0.1) is 0 Å². The van der Waals surface area contributed by atoms with Crippen LogP contribution in [0.25, 0.3) is 0 Å². The van der Waals surface area contributed by atoms with Gasteiger partial charge < -0.3 is 4.90 Å². The molecule has 0 bridgehead atoms. The molecular formula is C17H21ClN2O3S2. The van der Waals surface area contributed by atoms with E-state index in [1.165, 1.54) is 11.8 Å². The van der Waals surface area contributed by atoms with Gasteiger partial charge in [-0.2, -0.15) is 4.99 Å². The predicted octanol–water partition coefficient (Wildman–Crippen LogP) is 2.98. The molecule has 2 aliphatic rings. The first kappa shape index (κ1) is 18.7. The average molecular weight is 401 g/mol. The van der Waals surface area contributed by atoms with Crippen LogP contribution in [0.2, 0.25) is 5.02 Å². The van der Waals surface area contributed by atoms with Gasteiger partial charge >= 0.3 is 0 Å². The van der Waals surface area contributed by atoms with Gasteiger partial charge in [0.1, 0.15) is 0 Å². The highest BCUT2D eigenvalue weighted by atomic mass is 35.5. The van der Waals surface area contributed by atoms with Crippen molar-refractivity contribution >= 4 is 44.3 Å². The van der Waals surface area contributed by atoms with Crippen LogP contribution in [0, 0.1) is 5.41 Å². The Morgan fingerprint density at radius 3 is 2.52 bits per heavy atom. The Bertz CT molecular complexity index is 813. The van der Waals surface area contributed by atoms with E-state index in [9.17, 15) is 13.2 Å². The number of hydrogen-bond acceptors (Lipinski definition) is 4. The number of rotatable bonds is 2. The van der Waals surface area contributed by atoms with Crippen LogP contribution in [0.5, 0.6) is 0 Å². The number of benzene rings is 1. The zero-order chi connectivity index (χ0) is 18.4. The van der Waals surface area contributed by atoms with E-state index in [1.54, 1.807) is 12.1 Å². The Morgan fingerprint density at radius 1 is 1.28 bits per heavy atom. The van der Waals surface area contributed by atoms with Crippen molar-refractivity contribution < 1.29 is 13.2 Å². The summed E-state index contributed by atoms with van der Waals surface area (Å²) in [6.45, 7) is 5.99. The van der Waals surface area contributed by atoms with Gasteiger partial charge in [-0.25, -0.2) is 8.42 Å². The van der Waals surface area contributed by atoms with Gasteiger partial charge in [0, 0.05) is 22.2 Å². The fraction of sp³-hybridized carbons (Fsp3) is 0.529. The van der Waals surface area contributed by atoms with Crippen molar-refractivity contribution in [3.05, 3.63) is 34.9 Å². The number of thioether (sulfide) groups is 1. The SMILES string of the molecule is CC(C)(C)C(=O)N=C1S[C@@H]2CS(=O)(=O)C[C@@H]2N1Cc1ccc(Cl)cc1. The van der Waals surface area contributed by atoms with Crippen molar-refractivity contribution in [1.82, 2.24) is 4.90 Å². The van der Waals surface area contributed by atoms with E-state index >= 15 is 0 Å². The topological polar surface area (TPSA) is 66.8 Å². The van der Waals surface area contributed by atoms with Gasteiger partial charge in [0.25, 0.3) is 5.91 Å². The number of amidine groups is 1. The maximum Gasteiger partial charge on any atom is 0.253 e. The molecule has 0 saturated carbocycles. The van der Waals surface area contributed by atoms with Gasteiger partial charge in [0.2, 0.25) is 0 Å². The van der Waals surface area contributed by atoms with Crippen LogP contribution in [-0.4, -0.2) is 47.2 Å². The van der Waals surface area contributed by atoms with E-state index in [2.05, 4.69) is 4.99 Å². The largest absolute Gasteiger partial charge is 0.342 e. The lowest BCUT2D eigenvalue weighted by Crippen LogP contribution is -2.37. The lowest BCUT2D eigenvalue weighted by molar-refractivity contribution is -0.124. The molecule has 2 atom stereocenters. The van der Waals surface area contributed by atoms with Crippen molar-refractivity contribution in [1.29, 1.82) is 0 Å². The summed E-state index contributed by atoms with van der Waals surface area (Å²) in [7, 11) is -3.04. The summed E-state index contributed by atoms with van der Waals surface area (Å²) in [6.07, 6.45) is 0. The van der Waals surface area contributed by atoms with Crippen LogP contribution in [0.4, 0.5) is 0 Å². The highest BCUT2D eigenvalue weighted by molar-refractivity contribution is 8.15. The van der Waals surface area contributed by atoms with E-state index in [4.69, 9.17) is 11.6 Å². The molecule has 2 heterocycles. The molecule has 2 saturated heterocycles. The third-order valence-electron chi connectivity index (χ3n) is 4.28. The van der Waals surface area contributed by atoms with Crippen LogP contribution in [0.15, 0.2) is 29.3 Å². The number of hydrogen-bond donors (Lipinski definition) is 0. The maximum atomic E-state index is 12.3. The van der Waals surface area contributed by atoms with Gasteiger partial charge in [0.05, 0.1) is 17.5 Å². The average Bonchev–Trinajstić information content (AvgIpc) is 2.93. The van der Waals surface area contributed by atoms with Crippen LogP contribution in [0.3, 0.4) is 0 Å². The third kappa shape index (κ3) is 4.20. The molecule has 0 radical (unpaired) electrons. The summed E-state index contributed by atoms with van der Waals surface area (Å²) in [6, 6.07) is 7.29. The molecule has 1 aromatic carbocycles. The number of carbonyl (C=O) groups is 1. The fourth-order valence-corrected chi connectivity index (χ4v) is 6.94. The number of amides is 1. The summed E-state index contributed by atoms with van der Waals surface area (Å²) in [5, 5.41) is 1.21. The number of halogens is 1. The fourth-order valence-electron chi connectivity index (χ4n) is 2.86. The van der Waals surface area contributed by atoms with Crippen molar-refractivity contribution in [2.45, 2.75) is 38.6 Å². The Morgan fingerprint density at radius 2 is 1.92 bits per heavy atom. The molecule has 0 unspecified atom stereocenters. The van der Waals surface area contributed by atoms with E-state index in [-0.39, 0.29) is 28.7 Å². The molecule has 0 N–H and O–H groups in total. The molecule has 2 fully saturated rings. The first-order valence-corrected chi connectivity index (χ1v) is 11.1. The highest BCUT2D eigenvalue weighted by Crippen LogP contribution is 2.39. The first-order chi connectivity index (χ1) is 11.5. The number of sulfone groups is 1. The van der Waals surface area contributed by atoms with E-state index in [0.29, 0.717) is 16.7 Å². The van der Waals surface area contributed by atoms with Gasteiger partial charge in [-0.05, 0) is 17.7 Å².